The van der Waals surface area contributed by atoms with Gasteiger partial charge in [0.15, 0.2) is 6.23 Å². The van der Waals surface area contributed by atoms with E-state index in [1.54, 1.807) is 0 Å². The number of nitrogens with one attached hydrogen (secondary N) is 1. The highest BCUT2D eigenvalue weighted by molar-refractivity contribution is 14.1. The second-order valence-electron chi connectivity index (χ2n) is 3.84. The summed E-state index contributed by atoms with van der Waals surface area (Å²) in [6, 6.07) is -0.578. The summed E-state index contributed by atoms with van der Waals surface area (Å²) in [7, 11) is 0. The van der Waals surface area contributed by atoms with Crippen LogP contribution in [0.5, 0.6) is 0 Å². The van der Waals surface area contributed by atoms with E-state index in [1.165, 1.54) is 12.3 Å². The lowest BCUT2D eigenvalue weighted by Crippen LogP contribution is -2.53. The molecular weight excluding hydrogens is 343 g/mol. The Balaban J connectivity index is 2.13. The molecule has 0 bridgehead atoms. The maximum Gasteiger partial charge on any atom is 0.325 e. The van der Waals surface area contributed by atoms with E-state index in [0.717, 1.165) is 4.90 Å². The van der Waals surface area contributed by atoms with Crippen LogP contribution < -0.4 is 5.32 Å². The summed E-state index contributed by atoms with van der Waals surface area (Å²) in [6.45, 7) is 0. The molecule has 0 spiro atoms. The van der Waals surface area contributed by atoms with E-state index in [2.05, 4.69) is 5.32 Å². The second-order valence-corrected chi connectivity index (χ2v) is 4.72. The van der Waals surface area contributed by atoms with Crippen LogP contribution in [0.2, 0.25) is 0 Å². The van der Waals surface area contributed by atoms with Crippen molar-refractivity contribution in [3.8, 4) is 0 Å². The van der Waals surface area contributed by atoms with Crippen LogP contribution in [0.1, 0.15) is 0 Å². The van der Waals surface area contributed by atoms with Crippen molar-refractivity contribution in [1.29, 1.82) is 0 Å². The van der Waals surface area contributed by atoms with Crippen LogP contribution in [0.25, 0.3) is 0 Å². The molecule has 96 valence electrons. The lowest BCUT2D eigenvalue weighted by atomic mass is 10.1. The Labute approximate surface area is 111 Å². The number of urea groups is 1. The van der Waals surface area contributed by atoms with Crippen molar-refractivity contribution in [3.05, 3.63) is 12.3 Å². The van der Waals surface area contributed by atoms with E-state index in [0.29, 0.717) is 4.43 Å². The van der Waals surface area contributed by atoms with Crippen LogP contribution in [0.15, 0.2) is 12.3 Å². The smallest absolute Gasteiger partial charge is 0.325 e. The van der Waals surface area contributed by atoms with Crippen LogP contribution in [0, 0.1) is 0 Å². The topological polar surface area (TPSA) is 102 Å². The van der Waals surface area contributed by atoms with Crippen molar-refractivity contribution >= 4 is 28.6 Å². The van der Waals surface area contributed by atoms with Gasteiger partial charge in [-0.2, -0.15) is 0 Å². The normalized spacial score (nSPS) is 41.8. The van der Waals surface area contributed by atoms with Gasteiger partial charge in [0, 0.05) is 10.6 Å². The Kier molecular flexibility index (Phi) is 3.88. The zero-order valence-electron chi connectivity index (χ0n) is 8.73. The molecule has 2 amide bonds. The number of rotatable bonds is 2. The number of hydrogen-bond acceptors (Lipinski definition) is 5. The molecule has 0 aromatic heterocycles. The van der Waals surface area contributed by atoms with E-state index in [4.69, 9.17) is 9.84 Å². The maximum atomic E-state index is 11.6. The van der Waals surface area contributed by atoms with Crippen LogP contribution in [-0.4, -0.2) is 61.4 Å². The quantitative estimate of drug-likeness (QED) is 0.365. The van der Waals surface area contributed by atoms with Gasteiger partial charge in [-0.25, -0.2) is 4.79 Å². The first-order chi connectivity index (χ1) is 8.04. The third kappa shape index (κ3) is 2.40. The number of aliphatic hydroxyl groups excluding tert-OH is 3. The first-order valence-corrected chi connectivity index (χ1v) is 6.60. The molecule has 1 saturated heterocycles. The van der Waals surface area contributed by atoms with E-state index < -0.39 is 36.8 Å². The van der Waals surface area contributed by atoms with E-state index in [9.17, 15) is 15.0 Å². The molecule has 2 heterocycles. The number of aliphatic hydroxyl groups is 3. The number of nitrogens with zero attached hydrogens (tertiary/aromatic N) is 1. The van der Waals surface area contributed by atoms with Crippen LogP contribution >= 0.6 is 22.6 Å². The number of ether oxygens (including phenoxy) is 1. The summed E-state index contributed by atoms with van der Waals surface area (Å²) in [6.07, 6.45) is -1.99. The van der Waals surface area contributed by atoms with Gasteiger partial charge in [-0.1, -0.05) is 22.6 Å². The minimum Gasteiger partial charge on any atom is -0.387 e. The Hall–Kier alpha value is -0.420. The Morgan fingerprint density at radius 3 is 2.65 bits per heavy atom. The Morgan fingerprint density at radius 2 is 2.12 bits per heavy atom. The Morgan fingerprint density at radius 1 is 1.41 bits per heavy atom. The summed E-state index contributed by atoms with van der Waals surface area (Å²) in [5, 5.41) is 30.9. The largest absolute Gasteiger partial charge is 0.387 e. The molecule has 7 nitrogen and oxygen atoms in total. The fourth-order valence-electron chi connectivity index (χ4n) is 1.78. The van der Waals surface area contributed by atoms with Crippen molar-refractivity contribution in [3.63, 3.8) is 0 Å². The minimum atomic E-state index is -1.17. The van der Waals surface area contributed by atoms with E-state index in [1.807, 2.05) is 22.6 Å². The van der Waals surface area contributed by atoms with Gasteiger partial charge >= 0.3 is 6.03 Å². The summed E-state index contributed by atoms with van der Waals surface area (Å²) in [4.78, 5) is 12.7. The zero-order chi connectivity index (χ0) is 12.6. The van der Waals surface area contributed by atoms with E-state index >= 15 is 0 Å². The SMILES string of the molecule is O=C1NC(O)C=CN1[C@@H]1O[C@H](CI)[C@@H](O)[C@H]1O. The average molecular weight is 356 g/mol. The molecule has 0 saturated carbocycles. The van der Waals surface area contributed by atoms with Gasteiger partial charge in [-0.15, -0.1) is 0 Å². The van der Waals surface area contributed by atoms with Crippen molar-refractivity contribution in [2.75, 3.05) is 4.43 Å². The molecule has 2 aliphatic heterocycles. The molecule has 2 rings (SSSR count). The summed E-state index contributed by atoms with van der Waals surface area (Å²) < 4.78 is 5.91. The molecule has 2 aliphatic rings. The first kappa shape index (κ1) is 13.0. The van der Waals surface area contributed by atoms with Crippen molar-refractivity contribution in [2.45, 2.75) is 30.8 Å². The van der Waals surface area contributed by atoms with Gasteiger partial charge in [0.05, 0.1) is 6.10 Å². The van der Waals surface area contributed by atoms with Gasteiger partial charge in [-0.3, -0.25) is 4.90 Å². The molecule has 5 atom stereocenters. The summed E-state index contributed by atoms with van der Waals surface area (Å²) in [5.74, 6) is 0. The third-order valence-electron chi connectivity index (χ3n) is 2.70. The summed E-state index contributed by atoms with van der Waals surface area (Å²) >= 11 is 2.03. The molecule has 0 aliphatic carbocycles. The lowest BCUT2D eigenvalue weighted by Gasteiger charge is -2.31. The van der Waals surface area contributed by atoms with Crippen molar-refractivity contribution < 1.29 is 24.9 Å². The predicted molar refractivity (Wildman–Crippen MR) is 65.1 cm³/mol. The molecule has 4 N–H and O–H groups in total. The summed E-state index contributed by atoms with van der Waals surface area (Å²) in [5.41, 5.74) is 0. The second kappa shape index (κ2) is 5.06. The molecule has 1 fully saturated rings. The number of carbonyl (C=O) groups is 1. The molecule has 1 unspecified atom stereocenters. The number of halogens is 1. The Bertz CT molecular complexity index is 339. The number of alkyl halides is 1. The molecule has 0 aromatic carbocycles. The number of hydrogen-bond donors (Lipinski definition) is 4. The highest BCUT2D eigenvalue weighted by Crippen LogP contribution is 2.26. The number of amides is 2. The lowest BCUT2D eigenvalue weighted by molar-refractivity contribution is -0.0510. The molecular formula is C9H13IN2O5. The van der Waals surface area contributed by atoms with Crippen LogP contribution in [0.3, 0.4) is 0 Å². The number of carbonyl (C=O) groups excluding carboxylic acids is 1. The molecule has 17 heavy (non-hydrogen) atoms. The fraction of sp³-hybridized carbons (Fsp3) is 0.667. The van der Waals surface area contributed by atoms with Crippen molar-refractivity contribution in [2.24, 2.45) is 0 Å². The van der Waals surface area contributed by atoms with E-state index in [-0.39, 0.29) is 0 Å². The molecule has 0 aromatic rings. The first-order valence-electron chi connectivity index (χ1n) is 5.07. The average Bonchev–Trinajstić information content (AvgIpc) is 2.57. The van der Waals surface area contributed by atoms with Gasteiger partial charge in [-0.05, 0) is 6.08 Å². The standard InChI is InChI=1S/C9H13IN2O5/c10-3-4-6(14)7(15)8(17-4)12-2-1-5(13)11-9(12)16/h1-2,4-8,13-15H,3H2,(H,11,16)/t4-,5?,6-,7-,8-/m1/s1. The van der Waals surface area contributed by atoms with Gasteiger partial charge < -0.3 is 25.4 Å². The minimum absolute atomic E-state index is 0.508. The van der Waals surface area contributed by atoms with Crippen molar-refractivity contribution in [1.82, 2.24) is 10.2 Å². The monoisotopic (exact) mass is 356 g/mol. The molecule has 8 heteroatoms. The van der Waals surface area contributed by atoms with Gasteiger partial charge in [0.2, 0.25) is 0 Å². The third-order valence-corrected chi connectivity index (χ3v) is 3.57. The molecule has 0 radical (unpaired) electrons. The van der Waals surface area contributed by atoms with Gasteiger partial charge in [0.25, 0.3) is 0 Å². The maximum absolute atomic E-state index is 11.6. The highest BCUT2D eigenvalue weighted by atomic mass is 127. The highest BCUT2D eigenvalue weighted by Gasteiger charge is 2.46. The van der Waals surface area contributed by atoms with Gasteiger partial charge in [0.1, 0.15) is 18.4 Å². The fourth-order valence-corrected chi connectivity index (χ4v) is 2.51. The zero-order valence-corrected chi connectivity index (χ0v) is 10.9. The van der Waals surface area contributed by atoms with Crippen LogP contribution in [0.4, 0.5) is 4.79 Å². The predicted octanol–water partition coefficient (Wildman–Crippen LogP) is -1.27. The van der Waals surface area contributed by atoms with Crippen LogP contribution in [-0.2, 0) is 4.74 Å².